The van der Waals surface area contributed by atoms with Gasteiger partial charge in [-0.25, -0.2) is 0 Å². The van der Waals surface area contributed by atoms with Crippen molar-refractivity contribution in [1.82, 2.24) is 0 Å². The van der Waals surface area contributed by atoms with Crippen molar-refractivity contribution in [2.24, 2.45) is 0 Å². The van der Waals surface area contributed by atoms with Crippen molar-refractivity contribution in [3.63, 3.8) is 0 Å². The van der Waals surface area contributed by atoms with E-state index in [2.05, 4.69) is 202 Å². The highest BCUT2D eigenvalue weighted by Gasteiger charge is 2.49. The summed E-state index contributed by atoms with van der Waals surface area (Å²) < 4.78 is 14.3. The molecule has 0 saturated heterocycles. The van der Waals surface area contributed by atoms with Crippen LogP contribution in [0.2, 0.25) is 0 Å². The van der Waals surface area contributed by atoms with Gasteiger partial charge in [-0.3, -0.25) is 0 Å². The third-order valence-electron chi connectivity index (χ3n) is 18.7. The summed E-state index contributed by atoms with van der Waals surface area (Å²) in [5, 5.41) is 1.37. The first-order chi connectivity index (χ1) is 33.4. The van der Waals surface area contributed by atoms with Gasteiger partial charge < -0.3 is 19.3 Å². The molecule has 1 aromatic heterocycles. The van der Waals surface area contributed by atoms with E-state index in [-0.39, 0.29) is 39.2 Å². The maximum atomic E-state index is 5.74. The molecular formula is C65H73BN2O2S. The molecule has 2 aliphatic heterocycles. The Hall–Kier alpha value is -5.46. The molecular weight excluding hydrogens is 884 g/mol. The molecule has 0 amide bonds. The summed E-state index contributed by atoms with van der Waals surface area (Å²) in [5.41, 5.74) is 23.5. The number of aryl methyl sites for hydroxylation is 1. The number of benzene rings is 6. The van der Waals surface area contributed by atoms with Gasteiger partial charge in [-0.1, -0.05) is 107 Å². The fourth-order valence-corrected chi connectivity index (χ4v) is 15.1. The topological polar surface area (TPSA) is 24.9 Å². The van der Waals surface area contributed by atoms with Gasteiger partial charge in [0.25, 0.3) is 6.71 Å². The van der Waals surface area contributed by atoms with Gasteiger partial charge in [0.2, 0.25) is 0 Å². The number of thiophene rings is 1. The zero-order valence-corrected chi connectivity index (χ0v) is 46.0. The number of ether oxygens (including phenoxy) is 2. The van der Waals surface area contributed by atoms with Crippen LogP contribution in [0.3, 0.4) is 0 Å². The molecule has 3 aliphatic carbocycles. The summed E-state index contributed by atoms with van der Waals surface area (Å²) in [7, 11) is 3.44. The van der Waals surface area contributed by atoms with E-state index in [1.165, 1.54) is 132 Å². The van der Waals surface area contributed by atoms with E-state index in [0.29, 0.717) is 0 Å². The highest BCUT2D eigenvalue weighted by Crippen LogP contribution is 2.55. The molecule has 0 saturated carbocycles. The van der Waals surface area contributed by atoms with Crippen molar-refractivity contribution in [1.29, 1.82) is 0 Å². The first-order valence-electron chi connectivity index (χ1n) is 26.5. The SMILES string of the molecule is COc1cc(OC)cc(-c2ccc(N3c4cc(C)cc5c4B(c4cc6c(cc4N5c4ccc5c(c4)C(C)(C)CCC5(C)C)C(C)(C)CCC6(C)C)c4sc5cc6c(cc5c43)C(C)(C)CCC6(C)C)cc2)c1. The van der Waals surface area contributed by atoms with Gasteiger partial charge in [0, 0.05) is 49.4 Å². The van der Waals surface area contributed by atoms with Crippen LogP contribution in [-0.4, -0.2) is 20.9 Å². The van der Waals surface area contributed by atoms with Gasteiger partial charge in [0.05, 0.1) is 19.9 Å². The highest BCUT2D eigenvalue weighted by atomic mass is 32.1. The van der Waals surface area contributed by atoms with Crippen molar-refractivity contribution >= 4 is 78.0 Å². The van der Waals surface area contributed by atoms with Crippen molar-refractivity contribution in [3.05, 3.63) is 136 Å². The molecule has 0 unspecified atom stereocenters. The van der Waals surface area contributed by atoms with Crippen molar-refractivity contribution in [2.75, 3.05) is 24.0 Å². The van der Waals surface area contributed by atoms with E-state index < -0.39 is 0 Å². The molecule has 0 bridgehead atoms. The van der Waals surface area contributed by atoms with Gasteiger partial charge in [-0.2, -0.15) is 0 Å². The second kappa shape index (κ2) is 15.3. The molecule has 3 heterocycles. The van der Waals surface area contributed by atoms with Crippen LogP contribution in [0.25, 0.3) is 21.2 Å². The molecule has 4 nitrogen and oxygen atoms in total. The number of methoxy groups -OCH3 is 2. The molecule has 5 aliphatic rings. The zero-order valence-electron chi connectivity index (χ0n) is 45.2. The minimum Gasteiger partial charge on any atom is -0.497 e. The minimum atomic E-state index is 0.0520. The lowest BCUT2D eigenvalue weighted by Crippen LogP contribution is -2.61. The van der Waals surface area contributed by atoms with Crippen LogP contribution in [-0.2, 0) is 32.5 Å². The first-order valence-corrected chi connectivity index (χ1v) is 27.3. The average molecular weight is 957 g/mol. The Morgan fingerprint density at radius 1 is 0.451 bits per heavy atom. The monoisotopic (exact) mass is 957 g/mol. The van der Waals surface area contributed by atoms with Crippen LogP contribution in [0.15, 0.2) is 97.1 Å². The van der Waals surface area contributed by atoms with Crippen LogP contribution in [0.5, 0.6) is 11.5 Å². The Morgan fingerprint density at radius 2 is 0.930 bits per heavy atom. The molecule has 12 rings (SSSR count). The molecule has 0 N–H and O–H groups in total. The molecule has 7 aromatic rings. The van der Waals surface area contributed by atoms with Gasteiger partial charge in [0.1, 0.15) is 11.5 Å². The van der Waals surface area contributed by atoms with Crippen molar-refractivity contribution in [2.45, 2.75) is 161 Å². The summed E-state index contributed by atoms with van der Waals surface area (Å²) in [6, 6.07) is 38.6. The number of hydrogen-bond donors (Lipinski definition) is 0. The first kappa shape index (κ1) is 46.6. The largest absolute Gasteiger partial charge is 0.497 e. The third kappa shape index (κ3) is 6.95. The normalized spacial score (nSPS) is 20.0. The van der Waals surface area contributed by atoms with Gasteiger partial charge in [0.15, 0.2) is 0 Å². The zero-order chi connectivity index (χ0) is 50.1. The molecule has 0 fully saturated rings. The van der Waals surface area contributed by atoms with E-state index in [1.54, 1.807) is 14.2 Å². The number of hydrogen-bond acceptors (Lipinski definition) is 5. The average Bonchev–Trinajstić information content (AvgIpc) is 3.70. The summed E-state index contributed by atoms with van der Waals surface area (Å²) >= 11 is 2.05. The van der Waals surface area contributed by atoms with Crippen molar-refractivity contribution in [3.8, 4) is 22.6 Å². The van der Waals surface area contributed by atoms with Gasteiger partial charge >= 0.3 is 0 Å². The lowest BCUT2D eigenvalue weighted by Gasteiger charge is -2.47. The molecule has 0 atom stereocenters. The summed E-state index contributed by atoms with van der Waals surface area (Å²) in [5.74, 6) is 1.56. The summed E-state index contributed by atoms with van der Waals surface area (Å²) in [6.07, 6.45) is 7.09. The highest BCUT2D eigenvalue weighted by molar-refractivity contribution is 7.33. The van der Waals surface area contributed by atoms with E-state index in [4.69, 9.17) is 9.47 Å². The Kier molecular flexibility index (Phi) is 10.0. The van der Waals surface area contributed by atoms with Crippen LogP contribution in [0, 0.1) is 6.92 Å². The molecule has 364 valence electrons. The van der Waals surface area contributed by atoms with E-state index >= 15 is 0 Å². The summed E-state index contributed by atoms with van der Waals surface area (Å²) in [6.45, 7) is 32.1. The minimum absolute atomic E-state index is 0.0520. The Labute approximate surface area is 428 Å². The quantitative estimate of drug-likeness (QED) is 0.161. The van der Waals surface area contributed by atoms with Crippen LogP contribution in [0.4, 0.5) is 34.1 Å². The summed E-state index contributed by atoms with van der Waals surface area (Å²) in [4.78, 5) is 5.36. The molecule has 0 radical (unpaired) electrons. The van der Waals surface area contributed by atoms with Crippen LogP contribution < -0.4 is 35.0 Å². The van der Waals surface area contributed by atoms with E-state index in [1.807, 2.05) is 6.07 Å². The maximum absolute atomic E-state index is 5.74. The smallest absolute Gasteiger partial charge is 0.264 e. The van der Waals surface area contributed by atoms with E-state index in [9.17, 15) is 0 Å². The fraction of sp³-hybridized carbons (Fsp3) is 0.415. The fourth-order valence-electron chi connectivity index (χ4n) is 13.8. The van der Waals surface area contributed by atoms with Crippen LogP contribution >= 0.6 is 11.3 Å². The van der Waals surface area contributed by atoms with Gasteiger partial charge in [-0.05, 0) is 206 Å². The Morgan fingerprint density at radius 3 is 1.49 bits per heavy atom. The van der Waals surface area contributed by atoms with Crippen LogP contribution in [0.1, 0.15) is 161 Å². The lowest BCUT2D eigenvalue weighted by atomic mass is 9.35. The Balaban J connectivity index is 1.17. The molecule has 6 aromatic carbocycles. The van der Waals surface area contributed by atoms with Gasteiger partial charge in [-0.15, -0.1) is 11.3 Å². The second-order valence-electron chi connectivity index (χ2n) is 26.2. The molecule has 6 heteroatoms. The third-order valence-corrected chi connectivity index (χ3v) is 19.9. The second-order valence-corrected chi connectivity index (χ2v) is 27.3. The predicted molar refractivity (Wildman–Crippen MR) is 305 cm³/mol. The maximum Gasteiger partial charge on any atom is 0.264 e. The number of fused-ring (bicyclic) bond motifs is 9. The van der Waals surface area contributed by atoms with Crippen molar-refractivity contribution < 1.29 is 9.47 Å². The Bertz CT molecular complexity index is 3360. The predicted octanol–water partition coefficient (Wildman–Crippen LogP) is 16.0. The molecule has 71 heavy (non-hydrogen) atoms. The van der Waals surface area contributed by atoms with E-state index in [0.717, 1.165) is 28.3 Å². The number of nitrogens with zero attached hydrogens (tertiary/aromatic N) is 2. The number of anilines is 6. The lowest BCUT2D eigenvalue weighted by molar-refractivity contribution is 0.332. The number of rotatable bonds is 5. The standard InChI is InChI=1S/C65H73BN2O2S/c1-38-28-54-57-55(29-38)68(41-18-16-39(17-19-41)40-30-43(69-14)33-44(31-40)70-15)58-45-34-48-51(65(12,13)27-24-62(48,6)7)37-56(45)71-59(58)66(57)52-35-49-50(64(10,11)26-25-63(49,8)9)36-53(52)67(54)42-20-21-46-47(32-42)61(4,5)23-22-60(46,2)3/h16-21,28-37H,22-27H2,1-15H3. The molecule has 0 spiro atoms.